The standard InChI is InChI=1S/C44H27ClN4/c45-42-37-27-35-24-22-33(47-35)25-32-21-23-34(46-32)26-36-38(28-13-5-1-6-14-28)39(29-15-7-2-8-16-29)43(48-36)41(31-19-11-4-12-20-31)44(49-37)40(42)30-17-9-3-10-18-30/h1-27H. The minimum absolute atomic E-state index is 0.567. The zero-order valence-electron chi connectivity index (χ0n) is 26.3. The normalized spacial score (nSPS) is 17.9. The largest absolute Gasteiger partial charge is 0.249 e. The SMILES string of the molecule is ClC1=C(c2ccccc2)C2=NC1=CC1=NC(=CC3=NC(=CC4=NC(=C2c2ccccc2)C(c2ccccc2)=C4c2ccccc2)C=C3)C=C1. The second-order valence-corrected chi connectivity index (χ2v) is 12.4. The molecule has 9 rings (SSSR count). The van der Waals surface area contributed by atoms with Crippen LogP contribution in [-0.2, 0) is 0 Å². The summed E-state index contributed by atoms with van der Waals surface area (Å²) in [6, 6.07) is 41.6. The first kappa shape index (κ1) is 29.0. The molecular weight excluding hydrogens is 620 g/mol. The predicted octanol–water partition coefficient (Wildman–Crippen LogP) is 10.3. The third kappa shape index (κ3) is 5.29. The summed E-state index contributed by atoms with van der Waals surface area (Å²) in [5.41, 5.74) is 14.2. The summed E-state index contributed by atoms with van der Waals surface area (Å²) < 4.78 is 0. The number of rotatable bonds is 4. The van der Waals surface area contributed by atoms with Crippen molar-refractivity contribution in [3.63, 3.8) is 0 Å². The van der Waals surface area contributed by atoms with E-state index in [4.69, 9.17) is 31.6 Å². The van der Waals surface area contributed by atoms with Gasteiger partial charge < -0.3 is 0 Å². The summed E-state index contributed by atoms with van der Waals surface area (Å²) in [6.07, 6.45) is 14.0. The van der Waals surface area contributed by atoms with Crippen molar-refractivity contribution in [1.82, 2.24) is 0 Å². The molecule has 0 N–H and O–H groups in total. The van der Waals surface area contributed by atoms with Gasteiger partial charge in [0.2, 0.25) is 0 Å². The third-order valence-corrected chi connectivity index (χ3v) is 9.23. The van der Waals surface area contributed by atoms with Crippen LogP contribution in [0, 0.1) is 0 Å². The lowest BCUT2D eigenvalue weighted by molar-refractivity contribution is 1.40. The van der Waals surface area contributed by atoms with Gasteiger partial charge in [-0.05, 0) is 64.8 Å². The third-order valence-electron chi connectivity index (χ3n) is 8.84. The summed E-state index contributed by atoms with van der Waals surface area (Å²) in [5, 5.41) is 0.567. The van der Waals surface area contributed by atoms with E-state index in [9.17, 15) is 0 Å². The fourth-order valence-electron chi connectivity index (χ4n) is 6.68. The molecule has 0 radical (unpaired) electrons. The maximum atomic E-state index is 7.38. The first-order valence-electron chi connectivity index (χ1n) is 16.2. The molecule has 0 unspecified atom stereocenters. The second kappa shape index (κ2) is 12.1. The highest BCUT2D eigenvalue weighted by Gasteiger charge is 2.34. The Morgan fingerprint density at radius 2 is 0.857 bits per heavy atom. The lowest BCUT2D eigenvalue weighted by Crippen LogP contribution is -2.07. The van der Waals surface area contributed by atoms with E-state index in [0.717, 1.165) is 84.5 Å². The minimum atomic E-state index is 0.567. The van der Waals surface area contributed by atoms with Crippen LogP contribution in [0.3, 0.4) is 0 Å². The first-order valence-corrected chi connectivity index (χ1v) is 16.6. The Balaban J connectivity index is 1.44. The fraction of sp³-hybridized carbons (Fsp3) is 0. The van der Waals surface area contributed by atoms with Crippen molar-refractivity contribution in [3.8, 4) is 0 Å². The van der Waals surface area contributed by atoms with Crippen molar-refractivity contribution in [2.24, 2.45) is 20.0 Å². The molecule has 8 bridgehead atoms. The highest BCUT2D eigenvalue weighted by atomic mass is 35.5. The van der Waals surface area contributed by atoms with E-state index in [1.807, 2.05) is 72.9 Å². The van der Waals surface area contributed by atoms with E-state index < -0.39 is 0 Å². The average Bonchev–Trinajstić information content (AvgIpc) is 3.94. The van der Waals surface area contributed by atoms with Gasteiger partial charge in [0.1, 0.15) is 0 Å². The fourth-order valence-corrected chi connectivity index (χ4v) is 6.98. The molecule has 5 heterocycles. The van der Waals surface area contributed by atoms with Gasteiger partial charge in [-0.25, -0.2) is 20.0 Å². The van der Waals surface area contributed by atoms with Crippen LogP contribution < -0.4 is 0 Å². The number of aliphatic imine (C=N–C) groups is 4. The van der Waals surface area contributed by atoms with Crippen LogP contribution in [0.5, 0.6) is 0 Å². The zero-order chi connectivity index (χ0) is 32.7. The Labute approximate surface area is 289 Å². The molecule has 49 heavy (non-hydrogen) atoms. The molecule has 0 aliphatic carbocycles. The molecule has 0 fully saturated rings. The predicted molar refractivity (Wildman–Crippen MR) is 205 cm³/mol. The van der Waals surface area contributed by atoms with E-state index in [2.05, 4.69) is 91.0 Å². The molecule has 0 amide bonds. The molecule has 5 aliphatic rings. The number of allylic oxidation sites excluding steroid dienone is 12. The van der Waals surface area contributed by atoms with Crippen LogP contribution in [0.4, 0.5) is 0 Å². The molecule has 0 saturated heterocycles. The smallest absolute Gasteiger partial charge is 0.0852 e. The summed E-state index contributed by atoms with van der Waals surface area (Å²) in [7, 11) is 0. The van der Waals surface area contributed by atoms with Gasteiger partial charge in [-0.1, -0.05) is 133 Å². The summed E-state index contributed by atoms with van der Waals surface area (Å²) in [4.78, 5) is 20.7. The Hall–Kier alpha value is -6.23. The van der Waals surface area contributed by atoms with Crippen molar-refractivity contribution >= 4 is 56.7 Å². The summed E-state index contributed by atoms with van der Waals surface area (Å²) in [5.74, 6) is 0. The molecule has 5 heteroatoms. The number of nitrogens with zero attached hydrogens (tertiary/aromatic N) is 4. The summed E-state index contributed by atoms with van der Waals surface area (Å²) >= 11 is 7.38. The molecule has 0 saturated carbocycles. The lowest BCUT2D eigenvalue weighted by Gasteiger charge is -2.17. The Morgan fingerprint density at radius 3 is 1.43 bits per heavy atom. The van der Waals surface area contributed by atoms with Gasteiger partial charge >= 0.3 is 0 Å². The van der Waals surface area contributed by atoms with Gasteiger partial charge in [0.25, 0.3) is 0 Å². The van der Waals surface area contributed by atoms with Crippen molar-refractivity contribution in [3.05, 3.63) is 214 Å². The highest BCUT2D eigenvalue weighted by molar-refractivity contribution is 6.55. The Morgan fingerprint density at radius 1 is 0.388 bits per heavy atom. The number of halogens is 1. The molecule has 0 atom stereocenters. The molecule has 0 aromatic heterocycles. The molecule has 0 spiro atoms. The van der Waals surface area contributed by atoms with Gasteiger partial charge in [0.15, 0.2) is 0 Å². The van der Waals surface area contributed by atoms with Gasteiger partial charge in [-0.15, -0.1) is 0 Å². The van der Waals surface area contributed by atoms with Crippen LogP contribution in [0.2, 0.25) is 0 Å². The molecule has 5 aliphatic heterocycles. The summed E-state index contributed by atoms with van der Waals surface area (Å²) in [6.45, 7) is 0. The number of hydrogen-bond acceptors (Lipinski definition) is 4. The zero-order valence-corrected chi connectivity index (χ0v) is 27.0. The Bertz CT molecular complexity index is 2430. The maximum Gasteiger partial charge on any atom is 0.0852 e. The minimum Gasteiger partial charge on any atom is -0.249 e. The van der Waals surface area contributed by atoms with Crippen LogP contribution in [0.25, 0.3) is 22.3 Å². The number of hydrogen-bond donors (Lipinski definition) is 0. The van der Waals surface area contributed by atoms with Crippen molar-refractivity contribution < 1.29 is 0 Å². The van der Waals surface area contributed by atoms with Crippen LogP contribution in [-0.4, -0.2) is 22.8 Å². The molecule has 230 valence electrons. The topological polar surface area (TPSA) is 49.4 Å². The average molecular weight is 647 g/mol. The highest BCUT2D eigenvalue weighted by Crippen LogP contribution is 2.47. The molecular formula is C44H27ClN4. The van der Waals surface area contributed by atoms with Crippen LogP contribution >= 0.6 is 11.6 Å². The van der Waals surface area contributed by atoms with Gasteiger partial charge in [-0.2, -0.15) is 0 Å². The van der Waals surface area contributed by atoms with E-state index in [1.165, 1.54) is 0 Å². The molecule has 4 nitrogen and oxygen atoms in total. The van der Waals surface area contributed by atoms with E-state index in [-0.39, 0.29) is 0 Å². The van der Waals surface area contributed by atoms with Crippen LogP contribution in [0.1, 0.15) is 22.3 Å². The van der Waals surface area contributed by atoms with Gasteiger partial charge in [0.05, 0.1) is 50.7 Å². The maximum absolute atomic E-state index is 7.38. The molecule has 4 aromatic rings. The van der Waals surface area contributed by atoms with E-state index in [0.29, 0.717) is 10.7 Å². The second-order valence-electron chi connectivity index (χ2n) is 12.0. The van der Waals surface area contributed by atoms with Gasteiger partial charge in [-0.3, -0.25) is 0 Å². The van der Waals surface area contributed by atoms with Crippen molar-refractivity contribution in [2.75, 3.05) is 0 Å². The number of benzene rings is 4. The van der Waals surface area contributed by atoms with E-state index >= 15 is 0 Å². The quantitative estimate of drug-likeness (QED) is 0.212. The van der Waals surface area contributed by atoms with Crippen LogP contribution in [0.15, 0.2) is 212 Å². The lowest BCUT2D eigenvalue weighted by atomic mass is 9.86. The first-order chi connectivity index (χ1) is 24.2. The van der Waals surface area contributed by atoms with Gasteiger partial charge in [0, 0.05) is 22.3 Å². The van der Waals surface area contributed by atoms with Crippen molar-refractivity contribution in [1.29, 1.82) is 0 Å². The molecule has 4 aromatic carbocycles. The van der Waals surface area contributed by atoms with Crippen molar-refractivity contribution in [2.45, 2.75) is 0 Å². The monoisotopic (exact) mass is 646 g/mol. The van der Waals surface area contributed by atoms with E-state index in [1.54, 1.807) is 0 Å². The Kier molecular flexibility index (Phi) is 7.15. The number of fused-ring (bicyclic) bond motifs is 4.